The Morgan fingerprint density at radius 3 is 2.31 bits per heavy atom. The fourth-order valence-corrected chi connectivity index (χ4v) is 2.75. The smallest absolute Gasteiger partial charge is 0.265 e. The average molecular weight is 354 g/mol. The van der Waals surface area contributed by atoms with Gasteiger partial charge in [-0.05, 0) is 49.2 Å². The number of methoxy groups -OCH3 is 1. The van der Waals surface area contributed by atoms with E-state index in [1.807, 2.05) is 24.3 Å². The summed E-state index contributed by atoms with van der Waals surface area (Å²) in [6.45, 7) is 1.40. The predicted molar refractivity (Wildman–Crippen MR) is 99.7 cm³/mol. The first-order chi connectivity index (χ1) is 12.6. The van der Waals surface area contributed by atoms with Crippen molar-refractivity contribution in [3.63, 3.8) is 0 Å². The molecule has 1 aliphatic carbocycles. The Balaban J connectivity index is 1.69. The van der Waals surface area contributed by atoms with Gasteiger partial charge in [-0.3, -0.25) is 9.59 Å². The van der Waals surface area contributed by atoms with Crippen molar-refractivity contribution in [2.75, 3.05) is 23.9 Å². The summed E-state index contributed by atoms with van der Waals surface area (Å²) in [7, 11) is 1.57. The summed E-state index contributed by atoms with van der Waals surface area (Å²) >= 11 is 0. The Hall–Kier alpha value is -3.02. The number of hydrogen-bond donors (Lipinski definition) is 1. The standard InChI is InChI=1S/C20H22N2O4/c1-14(23)21-15-7-9-16(10-8-15)22(17-11-12-17)20(24)13-26-19-6-4-3-5-18(19)25-2/h3-10,17H,11-13H2,1-2H3,(H,21,23). The number of ether oxygens (including phenoxy) is 2. The van der Waals surface area contributed by atoms with Crippen molar-refractivity contribution < 1.29 is 19.1 Å². The van der Waals surface area contributed by atoms with Gasteiger partial charge in [0.05, 0.1) is 7.11 Å². The van der Waals surface area contributed by atoms with Gasteiger partial charge in [0.2, 0.25) is 5.91 Å². The van der Waals surface area contributed by atoms with Crippen molar-refractivity contribution in [3.05, 3.63) is 48.5 Å². The van der Waals surface area contributed by atoms with E-state index in [0.29, 0.717) is 17.2 Å². The lowest BCUT2D eigenvalue weighted by Crippen LogP contribution is -2.36. The average Bonchev–Trinajstić information content (AvgIpc) is 3.46. The van der Waals surface area contributed by atoms with Gasteiger partial charge in [0.1, 0.15) is 0 Å². The first-order valence-electron chi connectivity index (χ1n) is 8.54. The zero-order chi connectivity index (χ0) is 18.5. The molecule has 6 nitrogen and oxygen atoms in total. The number of nitrogens with zero attached hydrogens (tertiary/aromatic N) is 1. The molecule has 1 aliphatic rings. The van der Waals surface area contributed by atoms with Gasteiger partial charge in [-0.15, -0.1) is 0 Å². The summed E-state index contributed by atoms with van der Waals surface area (Å²) in [5.74, 6) is 0.904. The Labute approximate surface area is 152 Å². The minimum atomic E-state index is -0.127. The predicted octanol–water partition coefficient (Wildman–Crippen LogP) is 3.23. The second-order valence-corrected chi connectivity index (χ2v) is 6.16. The van der Waals surface area contributed by atoms with E-state index < -0.39 is 0 Å². The first kappa shape index (κ1) is 17.8. The Morgan fingerprint density at radius 2 is 1.73 bits per heavy atom. The van der Waals surface area contributed by atoms with Crippen molar-refractivity contribution in [1.82, 2.24) is 0 Å². The third kappa shape index (κ3) is 4.33. The SMILES string of the molecule is COc1ccccc1OCC(=O)N(c1ccc(NC(C)=O)cc1)C1CC1. The number of hydrogen-bond acceptors (Lipinski definition) is 4. The number of carbonyl (C=O) groups excluding carboxylic acids is 2. The largest absolute Gasteiger partial charge is 0.493 e. The minimum absolute atomic E-state index is 0.0652. The molecule has 0 unspecified atom stereocenters. The van der Waals surface area contributed by atoms with E-state index in [4.69, 9.17) is 9.47 Å². The minimum Gasteiger partial charge on any atom is -0.493 e. The third-order valence-corrected chi connectivity index (χ3v) is 4.07. The van der Waals surface area contributed by atoms with Crippen molar-refractivity contribution in [2.45, 2.75) is 25.8 Å². The maximum Gasteiger partial charge on any atom is 0.265 e. The molecule has 0 radical (unpaired) electrons. The van der Waals surface area contributed by atoms with Crippen LogP contribution in [0.3, 0.4) is 0 Å². The number of rotatable bonds is 7. The molecule has 0 aromatic heterocycles. The van der Waals surface area contributed by atoms with Gasteiger partial charge >= 0.3 is 0 Å². The Bertz CT molecular complexity index is 785. The summed E-state index contributed by atoms with van der Waals surface area (Å²) in [4.78, 5) is 25.7. The molecule has 1 N–H and O–H groups in total. The van der Waals surface area contributed by atoms with Gasteiger partial charge in [-0.25, -0.2) is 0 Å². The van der Waals surface area contributed by atoms with E-state index in [1.165, 1.54) is 6.92 Å². The monoisotopic (exact) mass is 354 g/mol. The van der Waals surface area contributed by atoms with Gasteiger partial charge in [0.15, 0.2) is 18.1 Å². The normalized spacial score (nSPS) is 13.0. The van der Waals surface area contributed by atoms with Crippen molar-refractivity contribution in [1.29, 1.82) is 0 Å². The van der Waals surface area contributed by atoms with E-state index in [1.54, 1.807) is 36.3 Å². The highest BCUT2D eigenvalue weighted by atomic mass is 16.5. The molecule has 136 valence electrons. The quantitative estimate of drug-likeness (QED) is 0.829. The van der Waals surface area contributed by atoms with Crippen molar-refractivity contribution in [3.8, 4) is 11.5 Å². The lowest BCUT2D eigenvalue weighted by atomic mass is 10.2. The first-order valence-corrected chi connectivity index (χ1v) is 8.54. The van der Waals surface area contributed by atoms with Crippen LogP contribution in [0.25, 0.3) is 0 Å². The number of amides is 2. The summed E-state index contributed by atoms with van der Waals surface area (Å²) in [5.41, 5.74) is 1.50. The Morgan fingerprint density at radius 1 is 1.08 bits per heavy atom. The number of anilines is 2. The Kier molecular flexibility index (Phi) is 5.41. The molecule has 6 heteroatoms. The maximum atomic E-state index is 12.8. The summed E-state index contributed by atoms with van der Waals surface area (Å²) in [5, 5.41) is 2.72. The molecule has 0 bridgehead atoms. The zero-order valence-corrected chi connectivity index (χ0v) is 14.9. The second kappa shape index (κ2) is 7.91. The van der Waals surface area contributed by atoms with Crippen LogP contribution in [-0.2, 0) is 9.59 Å². The van der Waals surface area contributed by atoms with Crippen LogP contribution in [0, 0.1) is 0 Å². The van der Waals surface area contributed by atoms with Gasteiger partial charge in [0.25, 0.3) is 5.91 Å². The molecule has 3 rings (SSSR count). The molecule has 2 aromatic carbocycles. The summed E-state index contributed by atoms with van der Waals surface area (Å²) in [6.07, 6.45) is 1.96. The summed E-state index contributed by atoms with van der Waals surface area (Å²) < 4.78 is 10.9. The highest BCUT2D eigenvalue weighted by molar-refractivity contribution is 5.96. The van der Waals surface area contributed by atoms with Crippen molar-refractivity contribution in [2.24, 2.45) is 0 Å². The molecule has 0 aliphatic heterocycles. The van der Waals surface area contributed by atoms with Gasteiger partial charge < -0.3 is 19.7 Å². The number of para-hydroxylation sites is 2. The summed E-state index contributed by atoms with van der Waals surface area (Å²) in [6, 6.07) is 14.7. The van der Waals surface area contributed by atoms with E-state index in [-0.39, 0.29) is 24.5 Å². The zero-order valence-electron chi connectivity index (χ0n) is 14.9. The molecule has 1 fully saturated rings. The highest BCUT2D eigenvalue weighted by Crippen LogP contribution is 2.33. The van der Waals surface area contributed by atoms with E-state index in [9.17, 15) is 9.59 Å². The molecule has 0 saturated heterocycles. The van der Waals surface area contributed by atoms with Crippen LogP contribution in [0.15, 0.2) is 48.5 Å². The van der Waals surface area contributed by atoms with Gasteiger partial charge in [-0.1, -0.05) is 12.1 Å². The van der Waals surface area contributed by atoms with Crippen LogP contribution in [0.5, 0.6) is 11.5 Å². The molecule has 2 amide bonds. The molecular formula is C20H22N2O4. The van der Waals surface area contributed by atoms with Crippen LogP contribution in [-0.4, -0.2) is 31.6 Å². The molecule has 2 aromatic rings. The lowest BCUT2D eigenvalue weighted by Gasteiger charge is -2.23. The fraction of sp³-hybridized carbons (Fsp3) is 0.300. The van der Waals surface area contributed by atoms with Crippen LogP contribution >= 0.6 is 0 Å². The van der Waals surface area contributed by atoms with E-state index in [2.05, 4.69) is 5.32 Å². The molecule has 0 atom stereocenters. The number of carbonyl (C=O) groups is 2. The molecule has 0 heterocycles. The maximum absolute atomic E-state index is 12.8. The molecule has 0 spiro atoms. The topological polar surface area (TPSA) is 67.9 Å². The molecular weight excluding hydrogens is 332 g/mol. The van der Waals surface area contributed by atoms with Gasteiger partial charge in [0, 0.05) is 24.3 Å². The van der Waals surface area contributed by atoms with Crippen LogP contribution < -0.4 is 19.7 Å². The van der Waals surface area contributed by atoms with E-state index >= 15 is 0 Å². The van der Waals surface area contributed by atoms with Crippen LogP contribution in [0.1, 0.15) is 19.8 Å². The molecule has 1 saturated carbocycles. The van der Waals surface area contributed by atoms with Crippen LogP contribution in [0.2, 0.25) is 0 Å². The number of nitrogens with one attached hydrogen (secondary N) is 1. The lowest BCUT2D eigenvalue weighted by molar-refractivity contribution is -0.120. The van der Waals surface area contributed by atoms with Crippen LogP contribution in [0.4, 0.5) is 11.4 Å². The fourth-order valence-electron chi connectivity index (χ4n) is 2.75. The van der Waals surface area contributed by atoms with Gasteiger partial charge in [-0.2, -0.15) is 0 Å². The van der Waals surface area contributed by atoms with Crippen molar-refractivity contribution >= 4 is 23.2 Å². The van der Waals surface area contributed by atoms with E-state index in [0.717, 1.165) is 18.5 Å². The molecule has 26 heavy (non-hydrogen) atoms. The highest BCUT2D eigenvalue weighted by Gasteiger charge is 2.34. The number of benzene rings is 2. The second-order valence-electron chi connectivity index (χ2n) is 6.16. The third-order valence-electron chi connectivity index (χ3n) is 4.07.